The number of benzene rings is 1. The average molecular weight is 334 g/mol. The van der Waals surface area contributed by atoms with Gasteiger partial charge in [0.15, 0.2) is 17.5 Å². The summed E-state index contributed by atoms with van der Waals surface area (Å²) in [5.41, 5.74) is 0.993. The number of aliphatic imine (C=N–C) groups is 1. The molecule has 0 saturated heterocycles. The van der Waals surface area contributed by atoms with Gasteiger partial charge in [-0.2, -0.15) is 0 Å². The summed E-state index contributed by atoms with van der Waals surface area (Å²) in [7, 11) is 3.21. The van der Waals surface area contributed by atoms with Crippen molar-refractivity contribution in [3.05, 3.63) is 23.8 Å². The van der Waals surface area contributed by atoms with Crippen LogP contribution >= 0.6 is 0 Å². The van der Waals surface area contributed by atoms with E-state index in [9.17, 15) is 4.79 Å². The number of hydrogen-bond donors (Lipinski definition) is 3. The van der Waals surface area contributed by atoms with Crippen LogP contribution in [0.25, 0.3) is 0 Å². The Morgan fingerprint density at radius 3 is 2.58 bits per heavy atom. The summed E-state index contributed by atoms with van der Waals surface area (Å²) in [6.45, 7) is 3.40. The van der Waals surface area contributed by atoms with E-state index in [0.29, 0.717) is 30.0 Å². The van der Waals surface area contributed by atoms with Crippen molar-refractivity contribution in [1.82, 2.24) is 16.0 Å². The summed E-state index contributed by atoms with van der Waals surface area (Å²) in [5, 5.41) is 9.12. The molecule has 1 saturated carbocycles. The van der Waals surface area contributed by atoms with Crippen LogP contribution in [0.2, 0.25) is 0 Å². The minimum Gasteiger partial charge on any atom is -0.493 e. The SMILES string of the molecule is CCNC(=NCc1ccc(OC)c(OC)c1)NCC(=O)NC1CC1. The lowest BCUT2D eigenvalue weighted by Crippen LogP contribution is -2.43. The number of nitrogens with zero attached hydrogens (tertiary/aromatic N) is 1. The highest BCUT2D eigenvalue weighted by Crippen LogP contribution is 2.27. The van der Waals surface area contributed by atoms with Gasteiger partial charge in [0, 0.05) is 12.6 Å². The molecule has 24 heavy (non-hydrogen) atoms. The summed E-state index contributed by atoms with van der Waals surface area (Å²) in [6, 6.07) is 6.05. The van der Waals surface area contributed by atoms with E-state index < -0.39 is 0 Å². The van der Waals surface area contributed by atoms with Gasteiger partial charge in [-0.1, -0.05) is 6.07 Å². The van der Waals surface area contributed by atoms with Crippen LogP contribution in [0.3, 0.4) is 0 Å². The Balaban J connectivity index is 1.92. The molecule has 1 aliphatic carbocycles. The number of ether oxygens (including phenoxy) is 2. The lowest BCUT2D eigenvalue weighted by atomic mass is 10.2. The number of carbonyl (C=O) groups excluding carboxylic acids is 1. The highest BCUT2D eigenvalue weighted by atomic mass is 16.5. The Labute approximate surface area is 142 Å². The largest absolute Gasteiger partial charge is 0.493 e. The van der Waals surface area contributed by atoms with Gasteiger partial charge in [0.2, 0.25) is 5.91 Å². The first-order chi connectivity index (χ1) is 11.7. The van der Waals surface area contributed by atoms with Crippen molar-refractivity contribution in [2.24, 2.45) is 4.99 Å². The minimum atomic E-state index is -0.00535. The number of hydrogen-bond acceptors (Lipinski definition) is 4. The molecule has 1 fully saturated rings. The number of nitrogens with one attached hydrogen (secondary N) is 3. The molecule has 7 heteroatoms. The van der Waals surface area contributed by atoms with Gasteiger partial charge in [0.05, 0.1) is 27.3 Å². The van der Waals surface area contributed by atoms with Crippen molar-refractivity contribution in [2.45, 2.75) is 32.4 Å². The number of guanidine groups is 1. The fourth-order valence-corrected chi connectivity index (χ4v) is 2.16. The maximum atomic E-state index is 11.7. The first-order valence-corrected chi connectivity index (χ1v) is 8.18. The van der Waals surface area contributed by atoms with E-state index in [4.69, 9.17) is 9.47 Å². The molecule has 3 N–H and O–H groups in total. The summed E-state index contributed by atoms with van der Waals surface area (Å²) < 4.78 is 10.5. The van der Waals surface area contributed by atoms with Gasteiger partial charge in [0.25, 0.3) is 0 Å². The highest BCUT2D eigenvalue weighted by molar-refractivity contribution is 5.86. The second-order valence-corrected chi connectivity index (χ2v) is 5.58. The van der Waals surface area contributed by atoms with E-state index in [1.54, 1.807) is 14.2 Å². The zero-order chi connectivity index (χ0) is 17.4. The van der Waals surface area contributed by atoms with Crippen molar-refractivity contribution >= 4 is 11.9 Å². The molecule has 0 atom stereocenters. The molecule has 0 bridgehead atoms. The van der Waals surface area contributed by atoms with Crippen LogP contribution in [-0.4, -0.2) is 45.2 Å². The maximum absolute atomic E-state index is 11.7. The smallest absolute Gasteiger partial charge is 0.239 e. The van der Waals surface area contributed by atoms with Crippen LogP contribution < -0.4 is 25.4 Å². The van der Waals surface area contributed by atoms with E-state index in [1.807, 2.05) is 25.1 Å². The molecule has 0 aliphatic heterocycles. The van der Waals surface area contributed by atoms with E-state index in [0.717, 1.165) is 24.9 Å². The average Bonchev–Trinajstić information content (AvgIpc) is 3.40. The lowest BCUT2D eigenvalue weighted by molar-refractivity contribution is -0.120. The summed E-state index contributed by atoms with van der Waals surface area (Å²) in [6.07, 6.45) is 2.17. The topological polar surface area (TPSA) is 84.0 Å². The molecule has 1 aliphatic rings. The van der Waals surface area contributed by atoms with Crippen molar-refractivity contribution < 1.29 is 14.3 Å². The van der Waals surface area contributed by atoms with Crippen LogP contribution in [0.1, 0.15) is 25.3 Å². The fourth-order valence-electron chi connectivity index (χ4n) is 2.16. The van der Waals surface area contributed by atoms with Gasteiger partial charge in [-0.05, 0) is 37.5 Å². The molecular weight excluding hydrogens is 308 g/mol. The molecule has 0 unspecified atom stereocenters. The Kier molecular flexibility index (Phi) is 6.72. The molecule has 1 amide bonds. The van der Waals surface area contributed by atoms with Crippen LogP contribution in [0.4, 0.5) is 0 Å². The molecule has 1 aromatic rings. The van der Waals surface area contributed by atoms with E-state index in [2.05, 4.69) is 20.9 Å². The maximum Gasteiger partial charge on any atom is 0.239 e. The first kappa shape index (κ1) is 17.9. The highest BCUT2D eigenvalue weighted by Gasteiger charge is 2.22. The number of amides is 1. The molecule has 0 aromatic heterocycles. The number of rotatable bonds is 8. The fraction of sp³-hybridized carbons (Fsp3) is 0.529. The van der Waals surface area contributed by atoms with Gasteiger partial charge in [-0.15, -0.1) is 0 Å². The second kappa shape index (κ2) is 9.00. The predicted octanol–water partition coefficient (Wildman–Crippen LogP) is 1.04. The van der Waals surface area contributed by atoms with Crippen LogP contribution in [0.5, 0.6) is 11.5 Å². The monoisotopic (exact) mass is 334 g/mol. The zero-order valence-electron chi connectivity index (χ0n) is 14.5. The van der Waals surface area contributed by atoms with Crippen molar-refractivity contribution in [3.63, 3.8) is 0 Å². The molecule has 132 valence electrons. The Hall–Kier alpha value is -2.44. The molecule has 0 spiro atoms. The van der Waals surface area contributed by atoms with Gasteiger partial charge in [0.1, 0.15) is 0 Å². The zero-order valence-corrected chi connectivity index (χ0v) is 14.5. The quantitative estimate of drug-likeness (QED) is 0.489. The molecule has 0 radical (unpaired) electrons. The molecule has 2 rings (SSSR count). The van der Waals surface area contributed by atoms with Crippen LogP contribution in [-0.2, 0) is 11.3 Å². The Morgan fingerprint density at radius 2 is 1.96 bits per heavy atom. The summed E-state index contributed by atoms with van der Waals surface area (Å²) >= 11 is 0. The minimum absolute atomic E-state index is 0.00535. The third-order valence-corrected chi connectivity index (χ3v) is 3.57. The van der Waals surface area contributed by atoms with Crippen LogP contribution in [0, 0.1) is 0 Å². The van der Waals surface area contributed by atoms with Crippen molar-refractivity contribution in [1.29, 1.82) is 0 Å². The van der Waals surface area contributed by atoms with Crippen molar-refractivity contribution in [2.75, 3.05) is 27.3 Å². The summed E-state index contributed by atoms with van der Waals surface area (Å²) in [4.78, 5) is 16.2. The summed E-state index contributed by atoms with van der Waals surface area (Å²) in [5.74, 6) is 1.96. The third kappa shape index (κ3) is 5.64. The van der Waals surface area contributed by atoms with E-state index in [1.165, 1.54) is 0 Å². The van der Waals surface area contributed by atoms with Crippen LogP contribution in [0.15, 0.2) is 23.2 Å². The van der Waals surface area contributed by atoms with Gasteiger partial charge < -0.3 is 25.4 Å². The molecule has 0 heterocycles. The first-order valence-electron chi connectivity index (χ1n) is 8.18. The molecule has 1 aromatic carbocycles. The predicted molar refractivity (Wildman–Crippen MR) is 93.5 cm³/mol. The standard InChI is InChI=1S/C17H26N4O3/c1-4-18-17(20-11-16(22)21-13-6-7-13)19-10-12-5-8-14(23-2)15(9-12)24-3/h5,8-9,13H,4,6-7,10-11H2,1-3H3,(H,21,22)(H2,18,19,20). The van der Waals surface area contributed by atoms with Gasteiger partial charge >= 0.3 is 0 Å². The van der Waals surface area contributed by atoms with Gasteiger partial charge in [-0.3, -0.25) is 4.79 Å². The molecular formula is C17H26N4O3. The second-order valence-electron chi connectivity index (χ2n) is 5.58. The Morgan fingerprint density at radius 1 is 1.21 bits per heavy atom. The number of methoxy groups -OCH3 is 2. The Bertz CT molecular complexity index is 585. The van der Waals surface area contributed by atoms with E-state index >= 15 is 0 Å². The normalized spacial score (nSPS) is 14.0. The third-order valence-electron chi connectivity index (χ3n) is 3.57. The lowest BCUT2D eigenvalue weighted by Gasteiger charge is -2.12. The molecule has 7 nitrogen and oxygen atoms in total. The van der Waals surface area contributed by atoms with Gasteiger partial charge in [-0.25, -0.2) is 4.99 Å². The van der Waals surface area contributed by atoms with E-state index in [-0.39, 0.29) is 12.5 Å². The number of carbonyl (C=O) groups is 1. The van der Waals surface area contributed by atoms with Crippen molar-refractivity contribution in [3.8, 4) is 11.5 Å².